The molecular formula is C8H8Cl2F3N3S. The number of nitrogens with one attached hydrogen (secondary N) is 1. The first kappa shape index (κ1) is 14.5. The van der Waals surface area contributed by atoms with Gasteiger partial charge in [0.05, 0.1) is 10.0 Å². The number of alkyl halides is 3. The van der Waals surface area contributed by atoms with Crippen LogP contribution < -0.4 is 11.1 Å². The molecule has 0 aliphatic carbocycles. The van der Waals surface area contributed by atoms with E-state index in [9.17, 15) is 13.2 Å². The molecule has 1 heterocycles. The Kier molecular flexibility index (Phi) is 5.03. The third-order valence-corrected chi connectivity index (χ3v) is 2.94. The van der Waals surface area contributed by atoms with Crippen molar-refractivity contribution in [1.29, 1.82) is 0 Å². The van der Waals surface area contributed by atoms with Crippen molar-refractivity contribution in [3.05, 3.63) is 16.1 Å². The fourth-order valence-corrected chi connectivity index (χ4v) is 1.80. The van der Waals surface area contributed by atoms with Crippen LogP contribution in [0, 0.1) is 0 Å². The van der Waals surface area contributed by atoms with Crippen LogP contribution in [0.2, 0.25) is 10.0 Å². The third-order valence-electron chi connectivity index (χ3n) is 1.62. The van der Waals surface area contributed by atoms with Crippen molar-refractivity contribution in [2.45, 2.75) is 5.51 Å². The maximum absolute atomic E-state index is 11.8. The zero-order chi connectivity index (χ0) is 13.1. The SMILES string of the molecule is Nc1nc(NCCSC(F)(F)F)c(Cl)cc1Cl. The van der Waals surface area contributed by atoms with Gasteiger partial charge in [0, 0.05) is 12.3 Å². The number of hydrogen-bond donors (Lipinski definition) is 2. The predicted octanol–water partition coefficient (Wildman–Crippen LogP) is 3.64. The van der Waals surface area contributed by atoms with Gasteiger partial charge in [-0.15, -0.1) is 0 Å². The average Bonchev–Trinajstić information content (AvgIpc) is 2.18. The van der Waals surface area contributed by atoms with Gasteiger partial charge in [0.25, 0.3) is 0 Å². The van der Waals surface area contributed by atoms with E-state index in [2.05, 4.69) is 10.3 Å². The monoisotopic (exact) mass is 305 g/mol. The van der Waals surface area contributed by atoms with E-state index >= 15 is 0 Å². The van der Waals surface area contributed by atoms with E-state index in [0.29, 0.717) is 0 Å². The van der Waals surface area contributed by atoms with Gasteiger partial charge >= 0.3 is 5.51 Å². The summed E-state index contributed by atoms with van der Waals surface area (Å²) in [7, 11) is 0. The van der Waals surface area contributed by atoms with E-state index in [0.717, 1.165) is 0 Å². The van der Waals surface area contributed by atoms with Gasteiger partial charge in [-0.25, -0.2) is 4.98 Å². The number of halogens is 5. The second-order valence-electron chi connectivity index (χ2n) is 2.91. The number of rotatable bonds is 4. The molecular weight excluding hydrogens is 298 g/mol. The van der Waals surface area contributed by atoms with Gasteiger partial charge in [-0.3, -0.25) is 0 Å². The smallest absolute Gasteiger partial charge is 0.382 e. The van der Waals surface area contributed by atoms with Gasteiger partial charge in [0.15, 0.2) is 0 Å². The van der Waals surface area contributed by atoms with Gasteiger partial charge in [-0.2, -0.15) is 13.2 Å². The highest BCUT2D eigenvalue weighted by Crippen LogP contribution is 2.30. The number of nitrogens with zero attached hydrogens (tertiary/aromatic N) is 1. The van der Waals surface area contributed by atoms with Crippen molar-refractivity contribution in [3.63, 3.8) is 0 Å². The highest BCUT2D eigenvalue weighted by atomic mass is 35.5. The van der Waals surface area contributed by atoms with Crippen molar-refractivity contribution in [2.24, 2.45) is 0 Å². The Bertz CT molecular complexity index is 400. The lowest BCUT2D eigenvalue weighted by molar-refractivity contribution is -0.0327. The van der Waals surface area contributed by atoms with E-state index in [1.807, 2.05) is 0 Å². The molecule has 96 valence electrons. The lowest BCUT2D eigenvalue weighted by atomic mass is 10.4. The van der Waals surface area contributed by atoms with E-state index in [-0.39, 0.29) is 45.7 Å². The first-order chi connectivity index (χ1) is 7.79. The van der Waals surface area contributed by atoms with Gasteiger partial charge in [-0.05, 0) is 17.8 Å². The van der Waals surface area contributed by atoms with Crippen LogP contribution in [0.4, 0.5) is 24.8 Å². The van der Waals surface area contributed by atoms with Gasteiger partial charge in [0.2, 0.25) is 0 Å². The van der Waals surface area contributed by atoms with Crippen LogP contribution in [0.5, 0.6) is 0 Å². The van der Waals surface area contributed by atoms with Crippen LogP contribution in [0.25, 0.3) is 0 Å². The number of thioether (sulfide) groups is 1. The summed E-state index contributed by atoms with van der Waals surface area (Å²) < 4.78 is 35.5. The predicted molar refractivity (Wildman–Crippen MR) is 65.7 cm³/mol. The van der Waals surface area contributed by atoms with Crippen LogP contribution in [-0.2, 0) is 0 Å². The Balaban J connectivity index is 2.50. The van der Waals surface area contributed by atoms with Crippen molar-refractivity contribution in [3.8, 4) is 0 Å². The first-order valence-electron chi connectivity index (χ1n) is 4.35. The lowest BCUT2D eigenvalue weighted by Gasteiger charge is -2.09. The highest BCUT2D eigenvalue weighted by molar-refractivity contribution is 8.00. The van der Waals surface area contributed by atoms with E-state index in [4.69, 9.17) is 28.9 Å². The molecule has 1 aromatic rings. The number of nitrogens with two attached hydrogens (primary N) is 1. The zero-order valence-electron chi connectivity index (χ0n) is 8.31. The molecule has 0 bridgehead atoms. The fraction of sp³-hybridized carbons (Fsp3) is 0.375. The lowest BCUT2D eigenvalue weighted by Crippen LogP contribution is -2.11. The molecule has 0 aromatic carbocycles. The number of nitrogen functional groups attached to an aromatic ring is 1. The summed E-state index contributed by atoms with van der Waals surface area (Å²) in [6.07, 6.45) is 0. The Morgan fingerprint density at radius 1 is 1.35 bits per heavy atom. The Morgan fingerprint density at radius 3 is 2.59 bits per heavy atom. The van der Waals surface area contributed by atoms with E-state index in [1.54, 1.807) is 0 Å². The summed E-state index contributed by atoms with van der Waals surface area (Å²) in [6.45, 7) is 0.0674. The van der Waals surface area contributed by atoms with Crippen LogP contribution in [0.3, 0.4) is 0 Å². The summed E-state index contributed by atoms with van der Waals surface area (Å²) in [4.78, 5) is 3.82. The molecule has 0 spiro atoms. The summed E-state index contributed by atoms with van der Waals surface area (Å²) in [5.74, 6) is 0.141. The highest BCUT2D eigenvalue weighted by Gasteiger charge is 2.27. The number of hydrogen-bond acceptors (Lipinski definition) is 4. The maximum Gasteiger partial charge on any atom is 0.441 e. The number of anilines is 2. The Labute approximate surface area is 110 Å². The summed E-state index contributed by atoms with van der Waals surface area (Å²) >= 11 is 11.3. The molecule has 3 nitrogen and oxygen atoms in total. The normalized spacial score (nSPS) is 11.6. The average molecular weight is 306 g/mol. The Morgan fingerprint density at radius 2 is 2.00 bits per heavy atom. The molecule has 0 aliphatic heterocycles. The maximum atomic E-state index is 11.8. The van der Waals surface area contributed by atoms with Crippen LogP contribution in [0.15, 0.2) is 6.07 Å². The molecule has 0 amide bonds. The minimum absolute atomic E-state index is 0.0674. The molecule has 17 heavy (non-hydrogen) atoms. The fourth-order valence-electron chi connectivity index (χ4n) is 0.941. The number of pyridine rings is 1. The molecule has 1 aromatic heterocycles. The summed E-state index contributed by atoms with van der Waals surface area (Å²) in [6, 6.07) is 1.38. The van der Waals surface area contributed by atoms with Crippen LogP contribution in [-0.4, -0.2) is 22.8 Å². The van der Waals surface area contributed by atoms with Crippen LogP contribution in [0.1, 0.15) is 0 Å². The zero-order valence-corrected chi connectivity index (χ0v) is 10.6. The third kappa shape index (κ3) is 5.10. The molecule has 0 atom stereocenters. The molecule has 0 saturated heterocycles. The van der Waals surface area contributed by atoms with Crippen molar-refractivity contribution >= 4 is 46.6 Å². The molecule has 9 heteroatoms. The first-order valence-corrected chi connectivity index (χ1v) is 6.10. The standard InChI is InChI=1S/C8H8Cl2F3N3S/c9-4-3-5(10)7(16-6(4)14)15-1-2-17-8(11,12)13/h3H,1-2H2,(H3,14,15,16). The van der Waals surface area contributed by atoms with Gasteiger partial charge in [-0.1, -0.05) is 23.2 Å². The molecule has 0 unspecified atom stereocenters. The minimum Gasteiger partial charge on any atom is -0.382 e. The summed E-state index contributed by atoms with van der Waals surface area (Å²) in [5, 5.41) is 3.06. The molecule has 0 saturated carbocycles. The van der Waals surface area contributed by atoms with Crippen molar-refractivity contribution < 1.29 is 13.2 Å². The van der Waals surface area contributed by atoms with Crippen molar-refractivity contribution in [2.75, 3.05) is 23.3 Å². The molecule has 0 aliphatic rings. The van der Waals surface area contributed by atoms with E-state index in [1.165, 1.54) is 6.07 Å². The minimum atomic E-state index is -4.24. The largest absolute Gasteiger partial charge is 0.441 e. The Hall–Kier alpha value is -0.530. The second-order valence-corrected chi connectivity index (χ2v) is 4.88. The number of aromatic nitrogens is 1. The second kappa shape index (κ2) is 5.88. The van der Waals surface area contributed by atoms with Gasteiger partial charge in [0.1, 0.15) is 11.6 Å². The van der Waals surface area contributed by atoms with Gasteiger partial charge < -0.3 is 11.1 Å². The van der Waals surface area contributed by atoms with Crippen LogP contribution >= 0.6 is 35.0 Å². The summed E-state index contributed by atoms with van der Waals surface area (Å²) in [5.41, 5.74) is 1.20. The quantitative estimate of drug-likeness (QED) is 0.834. The molecule has 3 N–H and O–H groups in total. The van der Waals surface area contributed by atoms with Crippen molar-refractivity contribution in [1.82, 2.24) is 4.98 Å². The van der Waals surface area contributed by atoms with E-state index < -0.39 is 5.51 Å². The molecule has 0 radical (unpaired) electrons. The molecule has 1 rings (SSSR count). The topological polar surface area (TPSA) is 50.9 Å². The molecule has 0 fully saturated rings.